The molecule has 0 fully saturated rings. The summed E-state index contributed by atoms with van der Waals surface area (Å²) in [6.45, 7) is 2.05. The van der Waals surface area contributed by atoms with Crippen LogP contribution >= 0.6 is 11.3 Å². The van der Waals surface area contributed by atoms with E-state index in [-0.39, 0.29) is 10.9 Å². The normalized spacial score (nSPS) is 13.2. The summed E-state index contributed by atoms with van der Waals surface area (Å²) in [7, 11) is -3.62. The van der Waals surface area contributed by atoms with Gasteiger partial charge in [-0.2, -0.15) is 0 Å². The lowest BCUT2D eigenvalue weighted by atomic mass is 10.2. The van der Waals surface area contributed by atoms with Crippen LogP contribution in [0, 0.1) is 0 Å². The molecule has 3 N–H and O–H groups in total. The average molecular weight is 282 g/mol. The molecule has 0 radical (unpaired) electrons. The molecule has 1 aromatic carbocycles. The molecule has 0 aliphatic rings. The Morgan fingerprint density at radius 3 is 2.39 bits per heavy atom. The third kappa shape index (κ3) is 3.10. The SMILES string of the molecule is CC(Nc1ccc(S(N)(=O)=O)cc1)c1cccs1. The highest BCUT2D eigenvalue weighted by atomic mass is 32.2. The molecule has 0 aliphatic heterocycles. The smallest absolute Gasteiger partial charge is 0.238 e. The molecule has 1 unspecified atom stereocenters. The molecular weight excluding hydrogens is 268 g/mol. The summed E-state index contributed by atoms with van der Waals surface area (Å²) in [5, 5.41) is 10.4. The van der Waals surface area contributed by atoms with E-state index in [0.717, 1.165) is 5.69 Å². The fraction of sp³-hybridized carbons (Fsp3) is 0.167. The molecule has 2 aromatic rings. The van der Waals surface area contributed by atoms with Gasteiger partial charge < -0.3 is 5.32 Å². The Labute approximate surface area is 111 Å². The Bertz CT molecular complexity index is 604. The van der Waals surface area contributed by atoms with Crippen molar-refractivity contribution < 1.29 is 8.42 Å². The molecule has 1 atom stereocenters. The molecule has 0 amide bonds. The van der Waals surface area contributed by atoms with Crippen molar-refractivity contribution in [3.05, 3.63) is 46.7 Å². The van der Waals surface area contributed by atoms with Gasteiger partial charge in [-0.05, 0) is 42.6 Å². The molecule has 0 aliphatic carbocycles. The minimum atomic E-state index is -3.62. The van der Waals surface area contributed by atoms with Crippen molar-refractivity contribution in [2.75, 3.05) is 5.32 Å². The lowest BCUT2D eigenvalue weighted by Crippen LogP contribution is -2.12. The maximum atomic E-state index is 11.1. The lowest BCUT2D eigenvalue weighted by molar-refractivity contribution is 0.598. The average Bonchev–Trinajstić information content (AvgIpc) is 2.82. The van der Waals surface area contributed by atoms with Gasteiger partial charge >= 0.3 is 0 Å². The third-order valence-corrected chi connectivity index (χ3v) is 4.52. The van der Waals surface area contributed by atoms with Crippen molar-refractivity contribution in [2.24, 2.45) is 5.14 Å². The summed E-state index contributed by atoms with van der Waals surface area (Å²) in [6, 6.07) is 10.7. The highest BCUT2D eigenvalue weighted by Crippen LogP contribution is 2.23. The first kappa shape index (κ1) is 13.1. The van der Waals surface area contributed by atoms with Crippen LogP contribution in [0.15, 0.2) is 46.7 Å². The van der Waals surface area contributed by atoms with Gasteiger partial charge in [-0.25, -0.2) is 13.6 Å². The Balaban J connectivity index is 2.12. The lowest BCUT2D eigenvalue weighted by Gasteiger charge is -2.13. The fourth-order valence-electron chi connectivity index (χ4n) is 1.60. The summed E-state index contributed by atoms with van der Waals surface area (Å²) in [5.41, 5.74) is 0.864. The summed E-state index contributed by atoms with van der Waals surface area (Å²) in [5.74, 6) is 0. The summed E-state index contributed by atoms with van der Waals surface area (Å²) < 4.78 is 22.2. The van der Waals surface area contributed by atoms with E-state index in [2.05, 4.69) is 18.3 Å². The molecule has 0 saturated heterocycles. The number of thiophene rings is 1. The van der Waals surface area contributed by atoms with Crippen LogP contribution in [0.1, 0.15) is 17.8 Å². The minimum absolute atomic E-state index is 0.122. The number of rotatable bonds is 4. The first-order valence-corrected chi connectivity index (χ1v) is 7.82. The Hall–Kier alpha value is -1.37. The van der Waals surface area contributed by atoms with Gasteiger partial charge in [-0.1, -0.05) is 6.07 Å². The van der Waals surface area contributed by atoms with Crippen LogP contribution in [0.4, 0.5) is 5.69 Å². The van der Waals surface area contributed by atoms with Gasteiger partial charge in [0.2, 0.25) is 10.0 Å². The monoisotopic (exact) mass is 282 g/mol. The maximum Gasteiger partial charge on any atom is 0.238 e. The van der Waals surface area contributed by atoms with E-state index < -0.39 is 10.0 Å². The highest BCUT2D eigenvalue weighted by Gasteiger charge is 2.09. The first-order valence-electron chi connectivity index (χ1n) is 5.39. The van der Waals surface area contributed by atoms with Crippen molar-refractivity contribution in [3.63, 3.8) is 0 Å². The number of hydrogen-bond acceptors (Lipinski definition) is 4. The minimum Gasteiger partial charge on any atom is -0.378 e. The Kier molecular flexibility index (Phi) is 3.70. The van der Waals surface area contributed by atoms with Gasteiger partial charge in [0.15, 0.2) is 0 Å². The number of benzene rings is 1. The second-order valence-electron chi connectivity index (χ2n) is 3.95. The summed E-state index contributed by atoms with van der Waals surface area (Å²) in [6.07, 6.45) is 0. The highest BCUT2D eigenvalue weighted by molar-refractivity contribution is 7.89. The zero-order valence-electron chi connectivity index (χ0n) is 9.83. The van der Waals surface area contributed by atoms with Crippen LogP contribution in [0.2, 0.25) is 0 Å². The molecule has 4 nitrogen and oxygen atoms in total. The van der Waals surface area contributed by atoms with E-state index >= 15 is 0 Å². The maximum absolute atomic E-state index is 11.1. The van der Waals surface area contributed by atoms with Crippen LogP contribution in [0.25, 0.3) is 0 Å². The molecule has 1 heterocycles. The predicted octanol–water partition coefficient (Wildman–Crippen LogP) is 2.57. The van der Waals surface area contributed by atoms with Crippen molar-refractivity contribution in [2.45, 2.75) is 17.9 Å². The van der Waals surface area contributed by atoms with Crippen LogP contribution in [-0.2, 0) is 10.0 Å². The first-order chi connectivity index (χ1) is 8.47. The van der Waals surface area contributed by atoms with Gasteiger partial charge in [-0.15, -0.1) is 11.3 Å². The summed E-state index contributed by atoms with van der Waals surface area (Å²) >= 11 is 1.68. The number of primary sulfonamides is 1. The fourth-order valence-corrected chi connectivity index (χ4v) is 2.85. The van der Waals surface area contributed by atoms with Crippen molar-refractivity contribution in [1.82, 2.24) is 0 Å². The Morgan fingerprint density at radius 1 is 1.22 bits per heavy atom. The zero-order valence-corrected chi connectivity index (χ0v) is 11.5. The van der Waals surface area contributed by atoms with E-state index in [1.165, 1.54) is 17.0 Å². The second-order valence-corrected chi connectivity index (χ2v) is 6.49. The van der Waals surface area contributed by atoms with Gasteiger partial charge in [0.25, 0.3) is 0 Å². The van der Waals surface area contributed by atoms with Gasteiger partial charge in [0.05, 0.1) is 10.9 Å². The van der Waals surface area contributed by atoms with Crippen LogP contribution in [0.5, 0.6) is 0 Å². The van der Waals surface area contributed by atoms with Gasteiger partial charge in [0, 0.05) is 10.6 Å². The molecule has 18 heavy (non-hydrogen) atoms. The van der Waals surface area contributed by atoms with Crippen LogP contribution in [-0.4, -0.2) is 8.42 Å². The number of sulfonamides is 1. The topological polar surface area (TPSA) is 72.2 Å². The molecule has 96 valence electrons. The molecule has 0 spiro atoms. The Morgan fingerprint density at radius 2 is 1.89 bits per heavy atom. The molecule has 0 bridgehead atoms. The van der Waals surface area contributed by atoms with Crippen molar-refractivity contribution in [3.8, 4) is 0 Å². The molecule has 2 rings (SSSR count). The van der Waals surface area contributed by atoms with E-state index in [9.17, 15) is 8.42 Å². The van der Waals surface area contributed by atoms with E-state index in [1.807, 2.05) is 11.4 Å². The van der Waals surface area contributed by atoms with E-state index in [0.29, 0.717) is 0 Å². The quantitative estimate of drug-likeness (QED) is 0.905. The molecule has 0 saturated carbocycles. The van der Waals surface area contributed by atoms with Crippen LogP contribution in [0.3, 0.4) is 0 Å². The number of nitrogens with one attached hydrogen (secondary N) is 1. The molecule has 6 heteroatoms. The third-order valence-electron chi connectivity index (χ3n) is 2.54. The predicted molar refractivity (Wildman–Crippen MR) is 74.2 cm³/mol. The second kappa shape index (κ2) is 5.09. The number of anilines is 1. The van der Waals surface area contributed by atoms with Gasteiger partial charge in [0.1, 0.15) is 0 Å². The molecular formula is C12H14N2O2S2. The van der Waals surface area contributed by atoms with Gasteiger partial charge in [-0.3, -0.25) is 0 Å². The van der Waals surface area contributed by atoms with Crippen molar-refractivity contribution >= 4 is 27.0 Å². The largest absolute Gasteiger partial charge is 0.378 e. The number of hydrogen-bond donors (Lipinski definition) is 2. The number of nitrogens with two attached hydrogens (primary N) is 1. The van der Waals surface area contributed by atoms with E-state index in [1.54, 1.807) is 23.5 Å². The zero-order chi connectivity index (χ0) is 13.2. The van der Waals surface area contributed by atoms with Crippen LogP contribution < -0.4 is 10.5 Å². The standard InChI is InChI=1S/C12H14N2O2S2/c1-9(12-3-2-8-17-12)14-10-4-6-11(7-5-10)18(13,15)16/h2-9,14H,1H3,(H2,13,15,16). The van der Waals surface area contributed by atoms with Crippen molar-refractivity contribution in [1.29, 1.82) is 0 Å². The molecule has 1 aromatic heterocycles. The van der Waals surface area contributed by atoms with E-state index in [4.69, 9.17) is 5.14 Å². The summed E-state index contributed by atoms with van der Waals surface area (Å²) in [4.78, 5) is 1.35.